The number of hydrogen-bond acceptors (Lipinski definition) is 2. The van der Waals surface area contributed by atoms with Gasteiger partial charge in [0.2, 0.25) is 0 Å². The van der Waals surface area contributed by atoms with Crippen LogP contribution in [0.1, 0.15) is 65.5 Å². The molecule has 0 N–H and O–H groups in total. The van der Waals surface area contributed by atoms with E-state index in [0.717, 1.165) is 37.6 Å². The third-order valence-corrected chi connectivity index (χ3v) is 4.10. The molecule has 0 fully saturated rings. The molecule has 0 radical (unpaired) electrons. The van der Waals surface area contributed by atoms with Gasteiger partial charge in [0.25, 0.3) is 0 Å². The quantitative estimate of drug-likeness (QED) is 0.537. The summed E-state index contributed by atoms with van der Waals surface area (Å²) in [4.78, 5) is 0. The van der Waals surface area contributed by atoms with Crippen molar-refractivity contribution >= 4 is 0 Å². The SMILES string of the molecule is CC.CCCOc1ccc(C(C)(C)c2ccc(OCCC)cc2)cc1. The normalized spacial score (nSPS) is 10.6. The molecule has 2 nitrogen and oxygen atoms in total. The lowest BCUT2D eigenvalue weighted by Crippen LogP contribution is -2.18. The van der Waals surface area contributed by atoms with Gasteiger partial charge < -0.3 is 9.47 Å². The van der Waals surface area contributed by atoms with Gasteiger partial charge in [0.05, 0.1) is 13.2 Å². The van der Waals surface area contributed by atoms with Gasteiger partial charge in [-0.15, -0.1) is 0 Å². The number of hydrogen-bond donors (Lipinski definition) is 0. The maximum absolute atomic E-state index is 5.67. The molecule has 0 bridgehead atoms. The molecular formula is C23H34O2. The molecule has 2 aromatic rings. The Morgan fingerprint density at radius 1 is 0.640 bits per heavy atom. The number of benzene rings is 2. The lowest BCUT2D eigenvalue weighted by Gasteiger charge is -2.26. The van der Waals surface area contributed by atoms with Crippen LogP contribution in [0.15, 0.2) is 48.5 Å². The molecule has 2 aromatic carbocycles. The molecule has 0 aliphatic heterocycles. The molecule has 0 spiro atoms. The predicted octanol–water partition coefficient (Wildman–Crippen LogP) is 6.62. The van der Waals surface area contributed by atoms with Crippen molar-refractivity contribution in [3.05, 3.63) is 59.7 Å². The van der Waals surface area contributed by atoms with Crippen molar-refractivity contribution in [2.45, 2.75) is 59.8 Å². The minimum absolute atomic E-state index is 0.0490. The molecule has 0 atom stereocenters. The third-order valence-electron chi connectivity index (χ3n) is 4.10. The second-order valence-electron chi connectivity index (χ2n) is 6.37. The monoisotopic (exact) mass is 342 g/mol. The van der Waals surface area contributed by atoms with Gasteiger partial charge in [-0.3, -0.25) is 0 Å². The summed E-state index contributed by atoms with van der Waals surface area (Å²) < 4.78 is 11.3. The van der Waals surface area contributed by atoms with E-state index in [2.05, 4.69) is 76.2 Å². The van der Waals surface area contributed by atoms with Gasteiger partial charge in [-0.1, -0.05) is 65.8 Å². The highest BCUT2D eigenvalue weighted by Crippen LogP contribution is 2.33. The Labute approximate surface area is 154 Å². The second kappa shape index (κ2) is 10.8. The maximum atomic E-state index is 5.67. The van der Waals surface area contributed by atoms with E-state index in [0.29, 0.717) is 0 Å². The molecular weight excluding hydrogens is 308 g/mol. The first-order valence-corrected chi connectivity index (χ1v) is 9.54. The van der Waals surface area contributed by atoms with Crippen LogP contribution in [-0.2, 0) is 5.41 Å². The van der Waals surface area contributed by atoms with Crippen LogP contribution < -0.4 is 9.47 Å². The molecule has 0 amide bonds. The van der Waals surface area contributed by atoms with E-state index in [4.69, 9.17) is 9.47 Å². The first-order chi connectivity index (χ1) is 12.1. The predicted molar refractivity (Wildman–Crippen MR) is 108 cm³/mol. The highest BCUT2D eigenvalue weighted by Gasteiger charge is 2.23. The molecule has 2 rings (SSSR count). The molecule has 0 aromatic heterocycles. The summed E-state index contributed by atoms with van der Waals surface area (Å²) in [6, 6.07) is 16.9. The summed E-state index contributed by atoms with van der Waals surface area (Å²) in [6.07, 6.45) is 2.05. The summed E-state index contributed by atoms with van der Waals surface area (Å²) in [7, 11) is 0. The lowest BCUT2D eigenvalue weighted by molar-refractivity contribution is 0.317. The smallest absolute Gasteiger partial charge is 0.119 e. The van der Waals surface area contributed by atoms with E-state index in [-0.39, 0.29) is 5.41 Å². The zero-order valence-electron chi connectivity index (χ0n) is 16.8. The largest absolute Gasteiger partial charge is 0.494 e. The van der Waals surface area contributed by atoms with Gasteiger partial charge in [0.15, 0.2) is 0 Å². The average Bonchev–Trinajstić information content (AvgIpc) is 2.67. The molecule has 0 saturated heterocycles. The van der Waals surface area contributed by atoms with E-state index in [9.17, 15) is 0 Å². The first-order valence-electron chi connectivity index (χ1n) is 9.54. The Morgan fingerprint density at radius 2 is 0.960 bits per heavy atom. The zero-order valence-corrected chi connectivity index (χ0v) is 16.8. The summed E-state index contributed by atoms with van der Waals surface area (Å²) in [5, 5.41) is 0. The van der Waals surface area contributed by atoms with Crippen LogP contribution in [0.25, 0.3) is 0 Å². The van der Waals surface area contributed by atoms with Crippen molar-refractivity contribution in [2.75, 3.05) is 13.2 Å². The molecule has 0 heterocycles. The Bertz CT molecular complexity index is 529. The summed E-state index contributed by atoms with van der Waals surface area (Å²) in [6.45, 7) is 14.3. The second-order valence-corrected chi connectivity index (χ2v) is 6.37. The van der Waals surface area contributed by atoms with Crippen LogP contribution in [0.3, 0.4) is 0 Å². The van der Waals surface area contributed by atoms with Gasteiger partial charge in [0, 0.05) is 5.41 Å². The van der Waals surface area contributed by atoms with Crippen molar-refractivity contribution in [3.8, 4) is 11.5 Å². The first kappa shape index (κ1) is 21.1. The van der Waals surface area contributed by atoms with Crippen LogP contribution in [0, 0.1) is 0 Å². The van der Waals surface area contributed by atoms with Crippen molar-refractivity contribution < 1.29 is 9.47 Å². The van der Waals surface area contributed by atoms with E-state index in [1.165, 1.54) is 11.1 Å². The van der Waals surface area contributed by atoms with Crippen LogP contribution in [0.5, 0.6) is 11.5 Å². The van der Waals surface area contributed by atoms with E-state index < -0.39 is 0 Å². The van der Waals surface area contributed by atoms with E-state index in [1.54, 1.807) is 0 Å². The highest BCUT2D eigenvalue weighted by molar-refractivity contribution is 5.41. The fourth-order valence-electron chi connectivity index (χ4n) is 2.54. The van der Waals surface area contributed by atoms with Gasteiger partial charge in [-0.05, 0) is 48.2 Å². The molecule has 25 heavy (non-hydrogen) atoms. The average molecular weight is 343 g/mol. The maximum Gasteiger partial charge on any atom is 0.119 e. The van der Waals surface area contributed by atoms with Crippen LogP contribution >= 0.6 is 0 Å². The topological polar surface area (TPSA) is 18.5 Å². The fraction of sp³-hybridized carbons (Fsp3) is 0.478. The van der Waals surface area contributed by atoms with Crippen LogP contribution in [0.4, 0.5) is 0 Å². The minimum Gasteiger partial charge on any atom is -0.494 e. The van der Waals surface area contributed by atoms with Crippen molar-refractivity contribution in [3.63, 3.8) is 0 Å². The van der Waals surface area contributed by atoms with E-state index >= 15 is 0 Å². The van der Waals surface area contributed by atoms with Gasteiger partial charge >= 0.3 is 0 Å². The minimum atomic E-state index is -0.0490. The van der Waals surface area contributed by atoms with Gasteiger partial charge in [-0.2, -0.15) is 0 Å². The van der Waals surface area contributed by atoms with Gasteiger partial charge in [-0.25, -0.2) is 0 Å². The lowest BCUT2D eigenvalue weighted by atomic mass is 9.78. The standard InChI is InChI=1S/C21H28O2.C2H6/c1-5-15-22-19-11-7-17(8-12-19)21(3,4)18-9-13-20(14-10-18)23-16-6-2;1-2/h7-14H,5-6,15-16H2,1-4H3;1-2H3. The summed E-state index contributed by atoms with van der Waals surface area (Å²) >= 11 is 0. The molecule has 0 aliphatic rings. The molecule has 138 valence electrons. The number of ether oxygens (including phenoxy) is 2. The molecule has 0 saturated carbocycles. The Kier molecular flexibility index (Phi) is 9.12. The summed E-state index contributed by atoms with van der Waals surface area (Å²) in [5.41, 5.74) is 2.51. The van der Waals surface area contributed by atoms with Crippen molar-refractivity contribution in [2.24, 2.45) is 0 Å². The van der Waals surface area contributed by atoms with Crippen molar-refractivity contribution in [1.82, 2.24) is 0 Å². The summed E-state index contributed by atoms with van der Waals surface area (Å²) in [5.74, 6) is 1.88. The Balaban J connectivity index is 0.00000151. The fourth-order valence-corrected chi connectivity index (χ4v) is 2.54. The van der Waals surface area contributed by atoms with E-state index in [1.807, 2.05) is 13.8 Å². The Hall–Kier alpha value is -1.96. The molecule has 0 aliphatic carbocycles. The van der Waals surface area contributed by atoms with Crippen molar-refractivity contribution in [1.29, 1.82) is 0 Å². The third kappa shape index (κ3) is 6.12. The molecule has 0 unspecified atom stereocenters. The Morgan fingerprint density at radius 3 is 1.24 bits per heavy atom. The number of rotatable bonds is 8. The van der Waals surface area contributed by atoms with Crippen LogP contribution in [0.2, 0.25) is 0 Å². The zero-order chi connectivity index (χ0) is 18.7. The highest BCUT2D eigenvalue weighted by atomic mass is 16.5. The molecule has 2 heteroatoms. The van der Waals surface area contributed by atoms with Gasteiger partial charge in [0.1, 0.15) is 11.5 Å². The van der Waals surface area contributed by atoms with Crippen LogP contribution in [-0.4, -0.2) is 13.2 Å².